The average Bonchev–Trinajstić information content (AvgIpc) is 2.45. The molecule has 1 aliphatic rings. The standard InChI is InChI=1S/C16H25N3O/c1-10-5-4-6-14(11(10)2)19-15-9-12(16(20)18-3)7-8-13(15)17/h7-11,14,19H,4-6,17H2,1-3H3,(H,18,20). The van der Waals surface area contributed by atoms with Crippen molar-refractivity contribution < 1.29 is 4.79 Å². The molecular weight excluding hydrogens is 250 g/mol. The van der Waals surface area contributed by atoms with Crippen molar-refractivity contribution in [2.75, 3.05) is 18.1 Å². The van der Waals surface area contributed by atoms with Gasteiger partial charge in [0, 0.05) is 18.7 Å². The second-order valence-corrected chi connectivity index (χ2v) is 5.90. The summed E-state index contributed by atoms with van der Waals surface area (Å²) in [7, 11) is 1.64. The maximum atomic E-state index is 11.7. The van der Waals surface area contributed by atoms with Gasteiger partial charge in [-0.3, -0.25) is 4.79 Å². The van der Waals surface area contributed by atoms with Crippen molar-refractivity contribution in [2.45, 2.75) is 39.2 Å². The predicted octanol–water partition coefficient (Wildman–Crippen LogP) is 2.87. The molecule has 0 saturated heterocycles. The number of amides is 1. The van der Waals surface area contributed by atoms with Gasteiger partial charge >= 0.3 is 0 Å². The number of benzene rings is 1. The highest BCUT2D eigenvalue weighted by Gasteiger charge is 2.27. The summed E-state index contributed by atoms with van der Waals surface area (Å²) in [4.78, 5) is 11.7. The lowest BCUT2D eigenvalue weighted by molar-refractivity contribution is 0.0963. The number of rotatable bonds is 3. The van der Waals surface area contributed by atoms with Crippen LogP contribution >= 0.6 is 0 Å². The van der Waals surface area contributed by atoms with Crippen molar-refractivity contribution in [2.24, 2.45) is 11.8 Å². The van der Waals surface area contributed by atoms with Crippen molar-refractivity contribution in [3.05, 3.63) is 23.8 Å². The highest BCUT2D eigenvalue weighted by Crippen LogP contribution is 2.33. The largest absolute Gasteiger partial charge is 0.397 e. The fourth-order valence-electron chi connectivity index (χ4n) is 2.95. The van der Waals surface area contributed by atoms with E-state index in [2.05, 4.69) is 24.5 Å². The highest BCUT2D eigenvalue weighted by molar-refractivity contribution is 5.96. The molecule has 4 heteroatoms. The first kappa shape index (κ1) is 14.7. The maximum absolute atomic E-state index is 11.7. The van der Waals surface area contributed by atoms with Crippen LogP contribution in [0.5, 0.6) is 0 Å². The number of carbonyl (C=O) groups is 1. The van der Waals surface area contributed by atoms with Crippen molar-refractivity contribution in [1.82, 2.24) is 5.32 Å². The molecular formula is C16H25N3O. The summed E-state index contributed by atoms with van der Waals surface area (Å²) in [5.41, 5.74) is 8.24. The summed E-state index contributed by atoms with van der Waals surface area (Å²) in [6, 6.07) is 5.83. The quantitative estimate of drug-likeness (QED) is 0.743. The van der Waals surface area contributed by atoms with E-state index in [1.54, 1.807) is 19.2 Å². The number of anilines is 2. The lowest BCUT2D eigenvalue weighted by atomic mass is 9.78. The first-order valence-corrected chi connectivity index (χ1v) is 7.41. The minimum atomic E-state index is -0.0851. The van der Waals surface area contributed by atoms with Crippen molar-refractivity contribution in [3.63, 3.8) is 0 Å². The molecule has 1 aromatic carbocycles. The van der Waals surface area contributed by atoms with Crippen LogP contribution in [0.3, 0.4) is 0 Å². The predicted molar refractivity (Wildman–Crippen MR) is 83.8 cm³/mol. The lowest BCUT2D eigenvalue weighted by Gasteiger charge is -2.35. The zero-order chi connectivity index (χ0) is 14.7. The van der Waals surface area contributed by atoms with E-state index in [1.807, 2.05) is 6.07 Å². The molecule has 0 heterocycles. The molecule has 0 aromatic heterocycles. The van der Waals surface area contributed by atoms with E-state index < -0.39 is 0 Å². The smallest absolute Gasteiger partial charge is 0.251 e. The van der Waals surface area contributed by atoms with Crippen molar-refractivity contribution in [3.8, 4) is 0 Å². The average molecular weight is 275 g/mol. The Labute approximate surface area is 121 Å². The molecule has 3 atom stereocenters. The van der Waals surface area contributed by atoms with E-state index in [1.165, 1.54) is 12.8 Å². The van der Waals surface area contributed by atoms with Crippen LogP contribution < -0.4 is 16.4 Å². The molecule has 110 valence electrons. The Bertz CT molecular complexity index is 487. The van der Waals surface area contributed by atoms with Crippen molar-refractivity contribution >= 4 is 17.3 Å². The van der Waals surface area contributed by atoms with E-state index in [4.69, 9.17) is 5.73 Å². The highest BCUT2D eigenvalue weighted by atomic mass is 16.1. The third-order valence-electron chi connectivity index (χ3n) is 4.59. The van der Waals surface area contributed by atoms with Crippen LogP contribution in [0.25, 0.3) is 0 Å². The summed E-state index contributed by atoms with van der Waals surface area (Å²) in [5, 5.41) is 6.18. The van der Waals surface area contributed by atoms with Crippen LogP contribution in [0, 0.1) is 11.8 Å². The monoisotopic (exact) mass is 275 g/mol. The molecule has 20 heavy (non-hydrogen) atoms. The van der Waals surface area contributed by atoms with Crippen LogP contribution in [0.1, 0.15) is 43.5 Å². The van der Waals surface area contributed by atoms with Crippen LogP contribution in [-0.4, -0.2) is 19.0 Å². The number of hydrogen-bond acceptors (Lipinski definition) is 3. The maximum Gasteiger partial charge on any atom is 0.251 e. The van der Waals surface area contributed by atoms with Gasteiger partial charge in [-0.1, -0.05) is 26.7 Å². The Morgan fingerprint density at radius 1 is 1.30 bits per heavy atom. The number of carbonyl (C=O) groups excluding carboxylic acids is 1. The lowest BCUT2D eigenvalue weighted by Crippen LogP contribution is -2.35. The molecule has 0 radical (unpaired) electrons. The van der Waals surface area contributed by atoms with Crippen LogP contribution in [-0.2, 0) is 0 Å². The SMILES string of the molecule is CNC(=O)c1ccc(N)c(NC2CCCC(C)C2C)c1. The van der Waals surface area contributed by atoms with Gasteiger partial charge < -0.3 is 16.4 Å². The Balaban J connectivity index is 2.17. The molecule has 2 rings (SSSR count). The third kappa shape index (κ3) is 3.06. The molecule has 1 aromatic rings. The number of nitrogens with one attached hydrogen (secondary N) is 2. The van der Waals surface area contributed by atoms with Gasteiger partial charge in [-0.2, -0.15) is 0 Å². The molecule has 4 nitrogen and oxygen atoms in total. The van der Waals surface area contributed by atoms with E-state index in [9.17, 15) is 4.79 Å². The number of nitrogens with two attached hydrogens (primary N) is 1. The van der Waals surface area contributed by atoms with E-state index >= 15 is 0 Å². The summed E-state index contributed by atoms with van der Waals surface area (Å²) in [5.74, 6) is 1.26. The summed E-state index contributed by atoms with van der Waals surface area (Å²) < 4.78 is 0. The van der Waals surface area contributed by atoms with E-state index in [-0.39, 0.29) is 5.91 Å². The van der Waals surface area contributed by atoms with Crippen LogP contribution in [0.2, 0.25) is 0 Å². The minimum absolute atomic E-state index is 0.0851. The summed E-state index contributed by atoms with van der Waals surface area (Å²) >= 11 is 0. The normalized spacial score (nSPS) is 26.1. The summed E-state index contributed by atoms with van der Waals surface area (Å²) in [6.07, 6.45) is 3.71. The van der Waals surface area contributed by atoms with Crippen LogP contribution in [0.4, 0.5) is 11.4 Å². The van der Waals surface area contributed by atoms with Gasteiger partial charge in [0.2, 0.25) is 0 Å². The van der Waals surface area contributed by atoms with Gasteiger partial charge in [0.15, 0.2) is 0 Å². The fourth-order valence-corrected chi connectivity index (χ4v) is 2.95. The zero-order valence-electron chi connectivity index (χ0n) is 12.6. The molecule has 3 unspecified atom stereocenters. The number of hydrogen-bond donors (Lipinski definition) is 3. The van der Waals surface area contributed by atoms with Gasteiger partial charge in [-0.15, -0.1) is 0 Å². The summed E-state index contributed by atoms with van der Waals surface area (Å²) in [6.45, 7) is 4.60. The molecule has 1 fully saturated rings. The molecule has 0 aliphatic heterocycles. The minimum Gasteiger partial charge on any atom is -0.397 e. The number of nitrogen functional groups attached to an aromatic ring is 1. The Morgan fingerprint density at radius 3 is 2.75 bits per heavy atom. The third-order valence-corrected chi connectivity index (χ3v) is 4.59. The first-order valence-electron chi connectivity index (χ1n) is 7.41. The van der Waals surface area contributed by atoms with Gasteiger partial charge in [0.25, 0.3) is 5.91 Å². The van der Waals surface area contributed by atoms with Crippen molar-refractivity contribution in [1.29, 1.82) is 0 Å². The molecule has 0 bridgehead atoms. The topological polar surface area (TPSA) is 67.2 Å². The Morgan fingerprint density at radius 2 is 2.05 bits per heavy atom. The fraction of sp³-hybridized carbons (Fsp3) is 0.562. The molecule has 1 aliphatic carbocycles. The Hall–Kier alpha value is -1.71. The van der Waals surface area contributed by atoms with Gasteiger partial charge in [0.05, 0.1) is 11.4 Å². The second-order valence-electron chi connectivity index (χ2n) is 5.90. The van der Waals surface area contributed by atoms with Gasteiger partial charge in [-0.25, -0.2) is 0 Å². The zero-order valence-corrected chi connectivity index (χ0v) is 12.6. The molecule has 1 saturated carbocycles. The van der Waals surface area contributed by atoms with E-state index in [0.717, 1.165) is 18.0 Å². The second kappa shape index (κ2) is 6.16. The molecule has 4 N–H and O–H groups in total. The van der Waals surface area contributed by atoms with Crippen LogP contribution in [0.15, 0.2) is 18.2 Å². The van der Waals surface area contributed by atoms with Gasteiger partial charge in [0.1, 0.15) is 0 Å². The van der Waals surface area contributed by atoms with Gasteiger partial charge in [-0.05, 0) is 36.5 Å². The molecule has 1 amide bonds. The Kier molecular flexibility index (Phi) is 4.53. The van der Waals surface area contributed by atoms with E-state index in [0.29, 0.717) is 23.2 Å². The first-order chi connectivity index (χ1) is 9.52. The molecule has 0 spiro atoms.